The summed E-state index contributed by atoms with van der Waals surface area (Å²) < 4.78 is 27.0. The lowest BCUT2D eigenvalue weighted by atomic mass is 10.1. The lowest BCUT2D eigenvalue weighted by Gasteiger charge is -2.08. The number of aromatic nitrogens is 3. The van der Waals surface area contributed by atoms with Gasteiger partial charge in [0, 0.05) is 23.0 Å². The maximum atomic E-state index is 12.8. The summed E-state index contributed by atoms with van der Waals surface area (Å²) in [4.78, 5) is 17.1. The molecule has 0 saturated carbocycles. The molecule has 0 saturated heterocycles. The highest BCUT2D eigenvalue weighted by atomic mass is 32.2. The molecule has 0 spiro atoms. The van der Waals surface area contributed by atoms with Gasteiger partial charge >= 0.3 is 0 Å². The monoisotopic (exact) mass is 392 g/mol. The van der Waals surface area contributed by atoms with E-state index in [1.54, 1.807) is 59.2 Å². The maximum Gasteiger partial charge on any atom is 0.229 e. The Kier molecular flexibility index (Phi) is 4.40. The highest BCUT2D eigenvalue weighted by molar-refractivity contribution is 7.92. The second-order valence-corrected chi connectivity index (χ2v) is 8.02. The van der Waals surface area contributed by atoms with Crippen LogP contribution in [0.15, 0.2) is 73.1 Å². The highest BCUT2D eigenvalue weighted by Gasteiger charge is 2.17. The Labute approximate surface area is 161 Å². The molecule has 0 aliphatic carbocycles. The van der Waals surface area contributed by atoms with E-state index in [1.165, 1.54) is 6.20 Å². The van der Waals surface area contributed by atoms with Crippen LogP contribution in [0.5, 0.6) is 0 Å². The van der Waals surface area contributed by atoms with Gasteiger partial charge in [0.15, 0.2) is 11.4 Å². The number of benzene rings is 2. The predicted molar refractivity (Wildman–Crippen MR) is 107 cm³/mol. The van der Waals surface area contributed by atoms with Crippen LogP contribution >= 0.6 is 0 Å². The molecule has 0 atom stereocenters. The van der Waals surface area contributed by atoms with Gasteiger partial charge in [-0.3, -0.25) is 9.52 Å². The van der Waals surface area contributed by atoms with Gasteiger partial charge in [0.1, 0.15) is 0 Å². The van der Waals surface area contributed by atoms with Gasteiger partial charge in [-0.05, 0) is 18.2 Å². The Morgan fingerprint density at radius 3 is 2.57 bits per heavy atom. The average Bonchev–Trinajstić information content (AvgIpc) is 3.11. The molecule has 1 N–H and O–H groups in total. The number of anilines is 1. The quantitative estimate of drug-likeness (QED) is 0.527. The largest absolute Gasteiger partial charge is 0.288 e. The van der Waals surface area contributed by atoms with E-state index in [9.17, 15) is 13.2 Å². The number of rotatable bonds is 5. The number of nitrogens with one attached hydrogen (secondary N) is 1. The van der Waals surface area contributed by atoms with Gasteiger partial charge in [-0.1, -0.05) is 42.5 Å². The molecule has 0 unspecified atom stereocenters. The van der Waals surface area contributed by atoms with Crippen LogP contribution in [0.1, 0.15) is 15.9 Å². The fraction of sp³-hybridized carbons (Fsp3) is 0.0500. The number of hydrogen-bond acceptors (Lipinski definition) is 5. The van der Waals surface area contributed by atoms with Crippen LogP contribution in [0.4, 0.5) is 5.69 Å². The van der Waals surface area contributed by atoms with Crippen molar-refractivity contribution in [3.05, 3.63) is 84.2 Å². The zero-order chi connectivity index (χ0) is 19.7. The molecule has 0 fully saturated rings. The van der Waals surface area contributed by atoms with E-state index < -0.39 is 10.0 Å². The van der Waals surface area contributed by atoms with Gasteiger partial charge < -0.3 is 0 Å². The summed E-state index contributed by atoms with van der Waals surface area (Å²) in [6.07, 6.45) is 4.20. The molecule has 4 aromatic rings. The van der Waals surface area contributed by atoms with Gasteiger partial charge in [-0.2, -0.15) is 5.10 Å². The van der Waals surface area contributed by atoms with E-state index in [2.05, 4.69) is 14.8 Å². The van der Waals surface area contributed by atoms with E-state index in [-0.39, 0.29) is 5.78 Å². The molecule has 2 heterocycles. The van der Waals surface area contributed by atoms with E-state index in [4.69, 9.17) is 0 Å². The lowest BCUT2D eigenvalue weighted by molar-refractivity contribution is 0.104. The van der Waals surface area contributed by atoms with Crippen LogP contribution in [0.3, 0.4) is 0 Å². The van der Waals surface area contributed by atoms with Crippen LogP contribution in [0.2, 0.25) is 0 Å². The van der Waals surface area contributed by atoms with Gasteiger partial charge in [-0.15, -0.1) is 0 Å². The number of hydrogen-bond donors (Lipinski definition) is 1. The van der Waals surface area contributed by atoms with E-state index in [0.29, 0.717) is 28.2 Å². The first-order valence-corrected chi connectivity index (χ1v) is 10.3. The summed E-state index contributed by atoms with van der Waals surface area (Å²) in [6.45, 7) is 0. The van der Waals surface area contributed by atoms with Crippen molar-refractivity contribution in [2.45, 2.75) is 0 Å². The predicted octanol–water partition coefficient (Wildman–Crippen LogP) is 3.00. The Morgan fingerprint density at radius 1 is 1.04 bits per heavy atom. The molecule has 4 rings (SSSR count). The van der Waals surface area contributed by atoms with Crippen molar-refractivity contribution in [2.75, 3.05) is 11.0 Å². The summed E-state index contributed by atoms with van der Waals surface area (Å²) in [5, 5.41) is 4.34. The fourth-order valence-electron chi connectivity index (χ4n) is 2.97. The molecule has 0 radical (unpaired) electrons. The smallest absolute Gasteiger partial charge is 0.229 e. The van der Waals surface area contributed by atoms with Gasteiger partial charge in [0.25, 0.3) is 0 Å². The molecule has 28 heavy (non-hydrogen) atoms. The number of ketones is 1. The molecule has 2 aromatic carbocycles. The second kappa shape index (κ2) is 6.90. The van der Waals surface area contributed by atoms with Crippen molar-refractivity contribution < 1.29 is 13.2 Å². The molecule has 7 nitrogen and oxygen atoms in total. The Balaban J connectivity index is 1.80. The summed E-state index contributed by atoms with van der Waals surface area (Å²) in [5.41, 5.74) is 3.27. The zero-order valence-electron chi connectivity index (χ0n) is 14.9. The molecule has 140 valence electrons. The van der Waals surface area contributed by atoms with E-state index in [1.807, 2.05) is 12.1 Å². The number of nitrogens with zero attached hydrogens (tertiary/aromatic N) is 3. The molecule has 0 amide bonds. The van der Waals surface area contributed by atoms with E-state index in [0.717, 1.165) is 11.8 Å². The summed E-state index contributed by atoms with van der Waals surface area (Å²) in [7, 11) is -3.39. The van der Waals surface area contributed by atoms with Crippen LogP contribution in [-0.2, 0) is 10.0 Å². The topological polar surface area (TPSA) is 93.4 Å². The van der Waals surface area contributed by atoms with Crippen LogP contribution in [0, 0.1) is 0 Å². The Hall–Kier alpha value is -3.52. The normalized spacial score (nSPS) is 11.5. The lowest BCUT2D eigenvalue weighted by Crippen LogP contribution is -2.09. The van der Waals surface area contributed by atoms with Crippen LogP contribution < -0.4 is 4.72 Å². The van der Waals surface area contributed by atoms with E-state index >= 15 is 0 Å². The van der Waals surface area contributed by atoms with Crippen molar-refractivity contribution in [1.29, 1.82) is 0 Å². The highest BCUT2D eigenvalue weighted by Crippen LogP contribution is 2.25. The number of fused-ring (bicyclic) bond motifs is 1. The molecule has 0 aliphatic heterocycles. The van der Waals surface area contributed by atoms with Crippen LogP contribution in [0.25, 0.3) is 16.9 Å². The third-order valence-electron chi connectivity index (χ3n) is 4.14. The molecule has 8 heteroatoms. The third kappa shape index (κ3) is 3.49. The number of sulfonamides is 1. The van der Waals surface area contributed by atoms with Crippen molar-refractivity contribution in [3.63, 3.8) is 0 Å². The minimum Gasteiger partial charge on any atom is -0.288 e. The van der Waals surface area contributed by atoms with Crippen molar-refractivity contribution in [1.82, 2.24) is 14.6 Å². The van der Waals surface area contributed by atoms with Gasteiger partial charge in [-0.25, -0.2) is 17.9 Å². The zero-order valence-corrected chi connectivity index (χ0v) is 15.7. The Bertz CT molecular complexity index is 1280. The van der Waals surface area contributed by atoms with Crippen molar-refractivity contribution >= 4 is 27.1 Å². The van der Waals surface area contributed by atoms with Crippen molar-refractivity contribution in [2.24, 2.45) is 0 Å². The summed E-state index contributed by atoms with van der Waals surface area (Å²) in [6, 6.07) is 17.7. The molecule has 0 aliphatic rings. The third-order valence-corrected chi connectivity index (χ3v) is 4.75. The van der Waals surface area contributed by atoms with Crippen molar-refractivity contribution in [3.8, 4) is 11.3 Å². The summed E-state index contributed by atoms with van der Waals surface area (Å²) in [5.74, 6) is -0.159. The summed E-state index contributed by atoms with van der Waals surface area (Å²) >= 11 is 0. The molecular weight excluding hydrogens is 376 g/mol. The first-order valence-electron chi connectivity index (χ1n) is 8.43. The average molecular weight is 392 g/mol. The minimum atomic E-state index is -3.39. The first kappa shape index (κ1) is 17.9. The molecular formula is C20H16N4O3S. The Morgan fingerprint density at radius 2 is 1.82 bits per heavy atom. The van der Waals surface area contributed by atoms with Gasteiger partial charge in [0.05, 0.1) is 23.7 Å². The van der Waals surface area contributed by atoms with Crippen LogP contribution in [-0.4, -0.2) is 35.1 Å². The first-order chi connectivity index (χ1) is 13.4. The SMILES string of the molecule is CS(=O)(=O)Nc1cccc(-c2ccnc3c(C(=O)c4ccccc4)cnn23)c1. The number of carbonyl (C=O) groups excluding carboxylic acids is 1. The molecule has 0 bridgehead atoms. The standard InChI is InChI=1S/C20H16N4O3S/c1-28(26,27)23-16-9-5-8-15(12-16)18-10-11-21-20-17(13-22-24(18)20)19(25)14-6-3-2-4-7-14/h2-13,23H,1H3. The number of carbonyl (C=O) groups is 1. The minimum absolute atomic E-state index is 0.159. The maximum absolute atomic E-state index is 12.8. The fourth-order valence-corrected chi connectivity index (χ4v) is 3.53. The second-order valence-electron chi connectivity index (χ2n) is 6.27. The molecule has 2 aromatic heterocycles. The van der Waals surface area contributed by atoms with Gasteiger partial charge in [0.2, 0.25) is 10.0 Å².